The van der Waals surface area contributed by atoms with Crippen molar-refractivity contribution in [1.82, 2.24) is 14.3 Å². The third-order valence-electron chi connectivity index (χ3n) is 6.60. The lowest BCUT2D eigenvalue weighted by molar-refractivity contribution is -0.130. The maximum Gasteiger partial charge on any atom is 0.242 e. The average molecular weight is 548 g/mol. The van der Waals surface area contributed by atoms with E-state index in [1.807, 2.05) is 70.5 Å². The molecule has 7 nitrogen and oxygen atoms in total. The average Bonchev–Trinajstić information content (AvgIpc) is 3.43. The molecule has 0 bridgehead atoms. The molecule has 9 heteroatoms. The Labute approximate surface area is 232 Å². The summed E-state index contributed by atoms with van der Waals surface area (Å²) in [5.74, 6) is 1.69. The summed E-state index contributed by atoms with van der Waals surface area (Å²) in [6.45, 7) is 3.67. The number of piperazine rings is 1. The van der Waals surface area contributed by atoms with Crippen molar-refractivity contribution in [2.24, 2.45) is 0 Å². The number of hydrogen-bond acceptors (Lipinski definition) is 7. The van der Waals surface area contributed by atoms with E-state index in [2.05, 4.69) is 27.5 Å². The van der Waals surface area contributed by atoms with Crippen molar-refractivity contribution < 1.29 is 9.53 Å². The van der Waals surface area contributed by atoms with Crippen LogP contribution in [0.4, 0.5) is 10.8 Å². The zero-order chi connectivity index (χ0) is 26.3. The van der Waals surface area contributed by atoms with Gasteiger partial charge in [0.25, 0.3) is 0 Å². The number of amides is 1. The molecule has 1 aliphatic heterocycles. The van der Waals surface area contributed by atoms with Gasteiger partial charge < -0.3 is 19.4 Å². The standard InChI is InChI=1S/C29H30ClN5O2S/c1-37-26-10-6-5-9-25(26)33-15-17-34(18-16-33)28(36)21-35(20-23-7-3-2-4-8-23)29-31-27(32-38-29)19-22-11-13-24(30)14-12-22/h2-14H,15-21H2,1H3. The first kappa shape index (κ1) is 26.0. The van der Waals surface area contributed by atoms with Gasteiger partial charge in [-0.3, -0.25) is 4.79 Å². The first-order valence-corrected chi connectivity index (χ1v) is 13.8. The summed E-state index contributed by atoms with van der Waals surface area (Å²) < 4.78 is 10.1. The summed E-state index contributed by atoms with van der Waals surface area (Å²) in [7, 11) is 1.69. The molecule has 0 radical (unpaired) electrons. The van der Waals surface area contributed by atoms with Gasteiger partial charge in [0.1, 0.15) is 11.6 Å². The summed E-state index contributed by atoms with van der Waals surface area (Å²) in [4.78, 5) is 24.5. The van der Waals surface area contributed by atoms with E-state index >= 15 is 0 Å². The van der Waals surface area contributed by atoms with Gasteiger partial charge in [0, 0.05) is 55.7 Å². The van der Waals surface area contributed by atoms with Crippen LogP contribution in [0.3, 0.4) is 0 Å². The highest BCUT2D eigenvalue weighted by molar-refractivity contribution is 7.09. The van der Waals surface area contributed by atoms with Crippen LogP contribution in [0.1, 0.15) is 17.0 Å². The number of anilines is 2. The number of carbonyl (C=O) groups is 1. The van der Waals surface area contributed by atoms with Crippen molar-refractivity contribution >= 4 is 39.9 Å². The highest BCUT2D eigenvalue weighted by atomic mass is 35.5. The molecular formula is C29H30ClN5O2S. The number of methoxy groups -OCH3 is 1. The summed E-state index contributed by atoms with van der Waals surface area (Å²) in [6.07, 6.45) is 0.617. The molecule has 0 saturated carbocycles. The summed E-state index contributed by atoms with van der Waals surface area (Å²) >= 11 is 7.36. The van der Waals surface area contributed by atoms with Crippen LogP contribution in [0.5, 0.6) is 5.75 Å². The fourth-order valence-electron chi connectivity index (χ4n) is 4.58. The number of halogens is 1. The summed E-state index contributed by atoms with van der Waals surface area (Å²) in [5, 5.41) is 1.45. The van der Waals surface area contributed by atoms with Gasteiger partial charge in [0.2, 0.25) is 11.0 Å². The Morgan fingerprint density at radius 2 is 1.66 bits per heavy atom. The Morgan fingerprint density at radius 1 is 0.947 bits per heavy atom. The minimum atomic E-state index is 0.0926. The molecule has 4 aromatic rings. The van der Waals surface area contributed by atoms with Crippen LogP contribution in [-0.4, -0.2) is 60.0 Å². The molecule has 0 spiro atoms. The van der Waals surface area contributed by atoms with Gasteiger partial charge in [0.15, 0.2) is 0 Å². The van der Waals surface area contributed by atoms with Gasteiger partial charge in [-0.05, 0) is 35.4 Å². The van der Waals surface area contributed by atoms with Crippen LogP contribution in [-0.2, 0) is 17.8 Å². The molecule has 1 aromatic heterocycles. The highest BCUT2D eigenvalue weighted by Gasteiger charge is 2.25. The number of aromatic nitrogens is 2. The quantitative estimate of drug-likeness (QED) is 0.289. The minimum absolute atomic E-state index is 0.0926. The largest absolute Gasteiger partial charge is 0.495 e. The van der Waals surface area contributed by atoms with Crippen LogP contribution < -0.4 is 14.5 Å². The Bertz CT molecular complexity index is 1340. The number of para-hydroxylation sites is 2. The van der Waals surface area contributed by atoms with Crippen molar-refractivity contribution in [3.8, 4) is 5.75 Å². The van der Waals surface area contributed by atoms with E-state index in [9.17, 15) is 4.79 Å². The third kappa shape index (κ3) is 6.44. The molecule has 2 heterocycles. The number of nitrogens with zero attached hydrogens (tertiary/aromatic N) is 5. The van der Waals surface area contributed by atoms with Crippen molar-refractivity contribution in [2.75, 3.05) is 49.6 Å². The van der Waals surface area contributed by atoms with Crippen molar-refractivity contribution in [3.63, 3.8) is 0 Å². The van der Waals surface area contributed by atoms with Crippen LogP contribution in [0.15, 0.2) is 78.9 Å². The number of rotatable bonds is 9. The van der Waals surface area contributed by atoms with Crippen LogP contribution in [0.25, 0.3) is 0 Å². The van der Waals surface area contributed by atoms with E-state index in [1.54, 1.807) is 7.11 Å². The number of carbonyl (C=O) groups excluding carboxylic acids is 1. The predicted octanol–water partition coefficient (Wildman–Crippen LogP) is 5.15. The van der Waals surface area contributed by atoms with Gasteiger partial charge in [-0.15, -0.1) is 0 Å². The lowest BCUT2D eigenvalue weighted by Gasteiger charge is -2.37. The molecule has 5 rings (SSSR count). The van der Waals surface area contributed by atoms with Crippen LogP contribution in [0, 0.1) is 0 Å². The summed E-state index contributed by atoms with van der Waals surface area (Å²) in [5.41, 5.74) is 3.28. The van der Waals surface area contributed by atoms with Crippen molar-refractivity contribution in [3.05, 3.63) is 101 Å². The van der Waals surface area contributed by atoms with E-state index in [1.165, 1.54) is 11.5 Å². The SMILES string of the molecule is COc1ccccc1N1CCN(C(=O)CN(Cc2ccccc2)c2nc(Cc3ccc(Cl)cc3)ns2)CC1. The van der Waals surface area contributed by atoms with Gasteiger partial charge in [-0.25, -0.2) is 4.98 Å². The lowest BCUT2D eigenvalue weighted by atomic mass is 10.1. The third-order valence-corrected chi connectivity index (χ3v) is 7.67. The van der Waals surface area contributed by atoms with Gasteiger partial charge in [0.05, 0.1) is 19.3 Å². The highest BCUT2D eigenvalue weighted by Crippen LogP contribution is 2.28. The van der Waals surface area contributed by atoms with Crippen LogP contribution in [0.2, 0.25) is 5.02 Å². The number of ether oxygens (including phenoxy) is 1. The molecule has 0 atom stereocenters. The summed E-state index contributed by atoms with van der Waals surface area (Å²) in [6, 6.07) is 25.9. The van der Waals surface area contributed by atoms with Crippen LogP contribution >= 0.6 is 23.1 Å². The molecule has 0 N–H and O–H groups in total. The van der Waals surface area contributed by atoms with Gasteiger partial charge >= 0.3 is 0 Å². The Balaban J connectivity index is 1.26. The Kier molecular flexibility index (Phi) is 8.41. The molecule has 1 amide bonds. The zero-order valence-corrected chi connectivity index (χ0v) is 22.9. The number of benzene rings is 3. The molecule has 1 aliphatic rings. The van der Waals surface area contributed by atoms with E-state index < -0.39 is 0 Å². The van der Waals surface area contributed by atoms with Gasteiger partial charge in [-0.1, -0.05) is 66.2 Å². The van der Waals surface area contributed by atoms with E-state index in [4.69, 9.17) is 21.3 Å². The maximum absolute atomic E-state index is 13.5. The van der Waals surface area contributed by atoms with Crippen molar-refractivity contribution in [1.29, 1.82) is 0 Å². The first-order valence-electron chi connectivity index (χ1n) is 12.6. The second kappa shape index (κ2) is 12.3. The molecule has 3 aromatic carbocycles. The fourth-order valence-corrected chi connectivity index (χ4v) is 5.38. The zero-order valence-electron chi connectivity index (χ0n) is 21.3. The predicted molar refractivity (Wildman–Crippen MR) is 153 cm³/mol. The lowest BCUT2D eigenvalue weighted by Crippen LogP contribution is -2.51. The topological polar surface area (TPSA) is 61.8 Å². The number of hydrogen-bond donors (Lipinski definition) is 0. The first-order chi connectivity index (χ1) is 18.6. The molecule has 0 aliphatic carbocycles. The molecule has 1 saturated heterocycles. The van der Waals surface area contributed by atoms with E-state index in [-0.39, 0.29) is 12.5 Å². The Hall–Kier alpha value is -3.62. The Morgan fingerprint density at radius 3 is 2.39 bits per heavy atom. The normalized spacial score (nSPS) is 13.4. The fraction of sp³-hybridized carbons (Fsp3) is 0.276. The molecule has 1 fully saturated rings. The molecule has 196 valence electrons. The minimum Gasteiger partial charge on any atom is -0.495 e. The second-order valence-corrected chi connectivity index (χ2v) is 10.3. The van der Waals surface area contributed by atoms with E-state index in [0.29, 0.717) is 31.1 Å². The molecule has 0 unspecified atom stereocenters. The molecular weight excluding hydrogens is 518 g/mol. The maximum atomic E-state index is 13.5. The molecule has 38 heavy (non-hydrogen) atoms. The van der Waals surface area contributed by atoms with E-state index in [0.717, 1.165) is 46.6 Å². The smallest absolute Gasteiger partial charge is 0.242 e. The second-order valence-electron chi connectivity index (χ2n) is 9.18. The van der Waals surface area contributed by atoms with Crippen molar-refractivity contribution in [2.45, 2.75) is 13.0 Å². The van der Waals surface area contributed by atoms with Gasteiger partial charge in [-0.2, -0.15) is 4.37 Å². The monoisotopic (exact) mass is 547 g/mol.